The summed E-state index contributed by atoms with van der Waals surface area (Å²) in [7, 11) is 4.43. The van der Waals surface area contributed by atoms with Gasteiger partial charge in [0.2, 0.25) is 29.5 Å². The summed E-state index contributed by atoms with van der Waals surface area (Å²) in [6.07, 6.45) is -0.239. The van der Waals surface area contributed by atoms with Crippen LogP contribution in [0.4, 0.5) is 0 Å². The molecule has 56 heavy (non-hydrogen) atoms. The molecule has 1 aliphatic heterocycles. The fraction of sp³-hybridized carbons (Fsp3) is 0.690. The highest BCUT2D eigenvalue weighted by Gasteiger charge is 2.40. The van der Waals surface area contributed by atoms with Crippen molar-refractivity contribution in [3.05, 3.63) is 35.9 Å². The predicted molar refractivity (Wildman–Crippen MR) is 215 cm³/mol. The van der Waals surface area contributed by atoms with Crippen molar-refractivity contribution in [2.24, 2.45) is 23.7 Å². The Morgan fingerprint density at radius 2 is 0.911 bits per heavy atom. The van der Waals surface area contributed by atoms with Crippen LogP contribution < -0.4 is 16.0 Å². The quantitative estimate of drug-likeness (QED) is 0.303. The van der Waals surface area contributed by atoms with Crippen LogP contribution in [0.1, 0.15) is 100 Å². The minimum Gasteiger partial charge on any atom is -0.451 e. The first kappa shape index (κ1) is 47.7. The number of cyclic esters (lactones) is 1. The second kappa shape index (κ2) is 21.7. The molecule has 1 aromatic rings. The Labute approximate surface area is 334 Å². The van der Waals surface area contributed by atoms with E-state index in [1.165, 1.54) is 49.7 Å². The van der Waals surface area contributed by atoms with Crippen molar-refractivity contribution in [2.45, 2.75) is 144 Å². The molecule has 14 heteroatoms. The summed E-state index contributed by atoms with van der Waals surface area (Å²) < 4.78 is 5.52. The molecule has 1 saturated heterocycles. The smallest absolute Gasteiger partial charge is 0.329 e. The van der Waals surface area contributed by atoms with Gasteiger partial charge in [0.1, 0.15) is 36.3 Å². The molecule has 6 amide bonds. The normalized spacial score (nSPS) is 26.1. The van der Waals surface area contributed by atoms with Gasteiger partial charge in [-0.1, -0.05) is 85.7 Å². The number of amides is 6. The van der Waals surface area contributed by atoms with Gasteiger partial charge in [-0.2, -0.15) is 0 Å². The number of esters is 1. The van der Waals surface area contributed by atoms with Crippen molar-refractivity contribution in [3.63, 3.8) is 0 Å². The SMILES string of the molecule is CC(C)CC1NC(=O)C(Cc2ccccc2)N(C)C(=O)C(CC(C)C)NC(=O)C(CC(C)C)N(C)C(=O)C(CC(C)C)NC(=O)C(C)OC(=O)C(C)N(C)C1=O. The fourth-order valence-corrected chi connectivity index (χ4v) is 6.75. The summed E-state index contributed by atoms with van der Waals surface area (Å²) in [5, 5.41) is 8.55. The lowest BCUT2D eigenvalue weighted by Gasteiger charge is -2.35. The Morgan fingerprint density at radius 1 is 0.536 bits per heavy atom. The Hall–Kier alpha value is -4.49. The largest absolute Gasteiger partial charge is 0.451 e. The minimum absolute atomic E-state index is 0.0319. The van der Waals surface area contributed by atoms with E-state index in [2.05, 4.69) is 16.0 Å². The number of carbonyl (C=O) groups excluding carboxylic acids is 7. The summed E-state index contributed by atoms with van der Waals surface area (Å²) in [6.45, 7) is 18.1. The molecule has 0 aliphatic carbocycles. The van der Waals surface area contributed by atoms with Crippen molar-refractivity contribution >= 4 is 41.4 Å². The first-order valence-electron chi connectivity index (χ1n) is 20.0. The lowest BCUT2D eigenvalue weighted by atomic mass is 9.96. The van der Waals surface area contributed by atoms with Crippen molar-refractivity contribution in [2.75, 3.05) is 21.1 Å². The second-order valence-corrected chi connectivity index (χ2v) is 17.0. The summed E-state index contributed by atoms with van der Waals surface area (Å²) in [5.41, 5.74) is 0.771. The number of benzene rings is 1. The van der Waals surface area contributed by atoms with Gasteiger partial charge in [0.15, 0.2) is 6.10 Å². The van der Waals surface area contributed by atoms with Crippen LogP contribution in [0, 0.1) is 23.7 Å². The summed E-state index contributed by atoms with van der Waals surface area (Å²) in [4.78, 5) is 102. The van der Waals surface area contributed by atoms with Crippen molar-refractivity contribution in [3.8, 4) is 0 Å². The maximum Gasteiger partial charge on any atom is 0.329 e. The molecule has 1 aromatic carbocycles. The number of rotatable bonds is 10. The van der Waals surface area contributed by atoms with Gasteiger partial charge in [-0.15, -0.1) is 0 Å². The highest BCUT2D eigenvalue weighted by molar-refractivity contribution is 5.97. The number of nitrogens with zero attached hydrogens (tertiary/aromatic N) is 3. The van der Waals surface area contributed by atoms with Crippen molar-refractivity contribution in [1.82, 2.24) is 30.7 Å². The summed E-state index contributed by atoms with van der Waals surface area (Å²) >= 11 is 0. The molecule has 0 spiro atoms. The van der Waals surface area contributed by atoms with Crippen LogP contribution in [0.2, 0.25) is 0 Å². The zero-order valence-electron chi connectivity index (χ0n) is 35.9. The minimum atomic E-state index is -1.33. The standard InChI is InChI=1S/C42H68N6O8/c1-24(2)19-31-39(52)46(11)28(9)42(55)56-29(10)36(49)43-32(20-25(3)4)40(53)47(12)34(22-27(7)8)37(50)45-33(21-26(5)6)41(54)48(13)35(38(51)44-31)23-30-17-15-14-16-18-30/h14-18,24-29,31-35H,19-23H2,1-13H3,(H,43,49)(H,44,51)(H,45,50). The van der Waals surface area contributed by atoms with Gasteiger partial charge < -0.3 is 35.4 Å². The number of carbonyl (C=O) groups is 7. The van der Waals surface area contributed by atoms with Crippen LogP contribution >= 0.6 is 0 Å². The van der Waals surface area contributed by atoms with Gasteiger partial charge in [-0.3, -0.25) is 28.8 Å². The molecule has 2 rings (SSSR count). The first-order valence-corrected chi connectivity index (χ1v) is 20.0. The highest BCUT2D eigenvalue weighted by Crippen LogP contribution is 2.19. The Kier molecular flexibility index (Phi) is 18.5. The average Bonchev–Trinajstić information content (AvgIpc) is 3.12. The van der Waals surface area contributed by atoms with Gasteiger partial charge in [0.05, 0.1) is 0 Å². The molecule has 314 valence electrons. The molecular formula is C42H68N6O8. The third-order valence-corrected chi connectivity index (χ3v) is 10.1. The van der Waals surface area contributed by atoms with E-state index in [0.29, 0.717) is 0 Å². The van der Waals surface area contributed by atoms with E-state index in [-0.39, 0.29) is 55.8 Å². The molecular weight excluding hydrogens is 716 g/mol. The van der Waals surface area contributed by atoms with Crippen LogP contribution in [0.25, 0.3) is 0 Å². The van der Waals surface area contributed by atoms with E-state index in [0.717, 1.165) is 5.56 Å². The monoisotopic (exact) mass is 785 g/mol. The van der Waals surface area contributed by atoms with Crippen molar-refractivity contribution < 1.29 is 38.3 Å². The summed E-state index contributed by atoms with van der Waals surface area (Å²) in [5.74, 6) is -4.45. The van der Waals surface area contributed by atoms with Crippen molar-refractivity contribution in [1.29, 1.82) is 0 Å². The van der Waals surface area contributed by atoms with Crippen LogP contribution in [0.3, 0.4) is 0 Å². The van der Waals surface area contributed by atoms with Crippen LogP contribution in [-0.2, 0) is 44.7 Å². The van der Waals surface area contributed by atoms with E-state index in [1.54, 1.807) is 0 Å². The zero-order valence-corrected chi connectivity index (χ0v) is 35.9. The van der Waals surface area contributed by atoms with Crippen LogP contribution in [0.5, 0.6) is 0 Å². The molecule has 14 nitrogen and oxygen atoms in total. The van der Waals surface area contributed by atoms with E-state index < -0.39 is 83.8 Å². The molecule has 1 fully saturated rings. The Balaban J connectivity index is 2.79. The zero-order chi connectivity index (χ0) is 42.6. The van der Waals surface area contributed by atoms with E-state index in [1.807, 2.05) is 85.7 Å². The Bertz CT molecular complexity index is 1520. The van der Waals surface area contributed by atoms with E-state index in [4.69, 9.17) is 4.74 Å². The fourth-order valence-electron chi connectivity index (χ4n) is 6.75. The molecule has 3 N–H and O–H groups in total. The maximum absolute atomic E-state index is 14.5. The van der Waals surface area contributed by atoms with Gasteiger partial charge in [0.25, 0.3) is 5.91 Å². The van der Waals surface area contributed by atoms with Gasteiger partial charge in [0, 0.05) is 27.6 Å². The molecule has 0 saturated carbocycles. The number of ether oxygens (including phenoxy) is 1. The number of nitrogens with one attached hydrogen (secondary N) is 3. The third kappa shape index (κ3) is 13.9. The first-order chi connectivity index (χ1) is 26.0. The predicted octanol–water partition coefficient (Wildman–Crippen LogP) is 3.31. The summed E-state index contributed by atoms with van der Waals surface area (Å²) in [6, 6.07) is 2.75. The molecule has 7 atom stereocenters. The third-order valence-electron chi connectivity index (χ3n) is 10.1. The lowest BCUT2D eigenvalue weighted by Crippen LogP contribution is -2.60. The molecule has 0 bridgehead atoms. The number of hydrogen-bond donors (Lipinski definition) is 3. The van der Waals surface area contributed by atoms with Crippen LogP contribution in [0.15, 0.2) is 30.3 Å². The number of hydrogen-bond acceptors (Lipinski definition) is 8. The van der Waals surface area contributed by atoms with E-state index in [9.17, 15) is 33.6 Å². The second-order valence-electron chi connectivity index (χ2n) is 17.0. The Morgan fingerprint density at radius 3 is 1.34 bits per heavy atom. The van der Waals surface area contributed by atoms with Gasteiger partial charge in [-0.05, 0) is 68.8 Å². The maximum atomic E-state index is 14.5. The lowest BCUT2D eigenvalue weighted by molar-refractivity contribution is -0.162. The highest BCUT2D eigenvalue weighted by atomic mass is 16.5. The van der Waals surface area contributed by atoms with E-state index >= 15 is 0 Å². The van der Waals surface area contributed by atoms with Gasteiger partial charge >= 0.3 is 5.97 Å². The molecule has 0 radical (unpaired) electrons. The molecule has 1 heterocycles. The molecule has 0 aromatic heterocycles. The topological polar surface area (TPSA) is 175 Å². The van der Waals surface area contributed by atoms with Crippen LogP contribution in [-0.4, -0.2) is 120 Å². The molecule has 7 unspecified atom stereocenters. The van der Waals surface area contributed by atoms with Gasteiger partial charge in [-0.25, -0.2) is 4.79 Å². The average molecular weight is 785 g/mol. The number of likely N-dealkylation sites (N-methyl/N-ethyl adjacent to an activating group) is 3. The molecule has 1 aliphatic rings.